The summed E-state index contributed by atoms with van der Waals surface area (Å²) in [6.07, 6.45) is 0.163. The molecule has 0 saturated heterocycles. The van der Waals surface area contributed by atoms with Crippen LogP contribution in [-0.2, 0) is 6.54 Å². The number of rotatable bonds is 6. The molecule has 124 valence electrons. The van der Waals surface area contributed by atoms with Crippen molar-refractivity contribution in [3.8, 4) is 5.75 Å². The maximum Gasteiger partial charge on any atom is 0.124 e. The molecule has 0 amide bonds. The van der Waals surface area contributed by atoms with Crippen LogP contribution in [0.1, 0.15) is 37.9 Å². The zero-order valence-electron chi connectivity index (χ0n) is 14.6. The van der Waals surface area contributed by atoms with Crippen molar-refractivity contribution < 1.29 is 4.74 Å². The Morgan fingerprint density at radius 1 is 0.833 bits per heavy atom. The first-order chi connectivity index (χ1) is 11.6. The van der Waals surface area contributed by atoms with Gasteiger partial charge in [-0.1, -0.05) is 60.7 Å². The molecular weight excluding hydrogens is 294 g/mol. The molecule has 2 heteroatoms. The first-order valence-electron chi connectivity index (χ1n) is 8.61. The molecule has 1 N–H and O–H groups in total. The Balaban J connectivity index is 1.89. The molecule has 0 aliphatic heterocycles. The third kappa shape index (κ3) is 3.77. The highest BCUT2D eigenvalue weighted by Gasteiger charge is 2.12. The van der Waals surface area contributed by atoms with Crippen molar-refractivity contribution in [2.45, 2.75) is 39.5 Å². The van der Waals surface area contributed by atoms with E-state index in [2.05, 4.69) is 92.8 Å². The summed E-state index contributed by atoms with van der Waals surface area (Å²) in [4.78, 5) is 0. The van der Waals surface area contributed by atoms with E-state index in [1.54, 1.807) is 0 Å². The van der Waals surface area contributed by atoms with Crippen LogP contribution in [0.25, 0.3) is 10.8 Å². The van der Waals surface area contributed by atoms with Gasteiger partial charge in [0.1, 0.15) is 5.75 Å². The van der Waals surface area contributed by atoms with Crippen LogP contribution in [-0.4, -0.2) is 6.10 Å². The normalized spacial score (nSPS) is 12.5. The first-order valence-corrected chi connectivity index (χ1v) is 8.61. The van der Waals surface area contributed by atoms with Gasteiger partial charge in [0.05, 0.1) is 6.10 Å². The fraction of sp³-hybridized carbons (Fsp3) is 0.273. The third-order valence-corrected chi connectivity index (χ3v) is 4.24. The highest BCUT2D eigenvalue weighted by atomic mass is 16.5. The molecule has 3 aromatic rings. The fourth-order valence-electron chi connectivity index (χ4n) is 2.98. The molecule has 0 aromatic heterocycles. The lowest BCUT2D eigenvalue weighted by Crippen LogP contribution is -2.19. The fourth-order valence-corrected chi connectivity index (χ4v) is 2.98. The largest absolute Gasteiger partial charge is 0.491 e. The van der Waals surface area contributed by atoms with Gasteiger partial charge in [-0.25, -0.2) is 0 Å². The molecule has 0 aliphatic rings. The van der Waals surface area contributed by atoms with Crippen molar-refractivity contribution in [3.05, 3.63) is 77.9 Å². The molecular formula is C22H25NO. The number of nitrogens with one attached hydrogen (secondary N) is 1. The third-order valence-electron chi connectivity index (χ3n) is 4.24. The van der Waals surface area contributed by atoms with E-state index in [0.717, 1.165) is 12.3 Å². The van der Waals surface area contributed by atoms with Gasteiger partial charge in [-0.05, 0) is 43.2 Å². The van der Waals surface area contributed by atoms with Crippen LogP contribution in [0, 0.1) is 0 Å². The second-order valence-corrected chi connectivity index (χ2v) is 6.44. The molecule has 3 aromatic carbocycles. The van der Waals surface area contributed by atoms with Gasteiger partial charge >= 0.3 is 0 Å². The van der Waals surface area contributed by atoms with E-state index in [1.165, 1.54) is 21.9 Å². The SMILES string of the molecule is CC(C)Oc1ccc2ccccc2c1CNC(C)c1ccccc1. The summed E-state index contributed by atoms with van der Waals surface area (Å²) < 4.78 is 6.05. The molecule has 0 spiro atoms. The van der Waals surface area contributed by atoms with Gasteiger partial charge in [0.15, 0.2) is 0 Å². The van der Waals surface area contributed by atoms with Crippen LogP contribution in [0.2, 0.25) is 0 Å². The minimum absolute atomic E-state index is 0.163. The summed E-state index contributed by atoms with van der Waals surface area (Å²) in [6, 6.07) is 23.5. The Hall–Kier alpha value is -2.32. The lowest BCUT2D eigenvalue weighted by atomic mass is 10.0. The van der Waals surface area contributed by atoms with Gasteiger partial charge in [-0.3, -0.25) is 0 Å². The van der Waals surface area contributed by atoms with Crippen LogP contribution < -0.4 is 10.1 Å². The predicted molar refractivity (Wildman–Crippen MR) is 101 cm³/mol. The monoisotopic (exact) mass is 319 g/mol. The van der Waals surface area contributed by atoms with E-state index in [9.17, 15) is 0 Å². The minimum Gasteiger partial charge on any atom is -0.491 e. The van der Waals surface area contributed by atoms with Crippen LogP contribution in [0.5, 0.6) is 5.75 Å². The quantitative estimate of drug-likeness (QED) is 0.650. The van der Waals surface area contributed by atoms with Crippen LogP contribution in [0.4, 0.5) is 0 Å². The molecule has 24 heavy (non-hydrogen) atoms. The van der Waals surface area contributed by atoms with Gasteiger partial charge in [-0.2, -0.15) is 0 Å². The molecule has 2 nitrogen and oxygen atoms in total. The zero-order chi connectivity index (χ0) is 16.9. The standard InChI is InChI=1S/C22H25NO/c1-16(2)24-22-14-13-19-11-7-8-12-20(19)21(22)15-23-17(3)18-9-5-4-6-10-18/h4-14,16-17,23H,15H2,1-3H3. The summed E-state index contributed by atoms with van der Waals surface area (Å²) in [5.41, 5.74) is 2.52. The Labute approximate surface area is 144 Å². The number of ether oxygens (including phenoxy) is 1. The Bertz CT molecular complexity index is 795. The summed E-state index contributed by atoms with van der Waals surface area (Å²) in [7, 11) is 0. The predicted octanol–water partition coefficient (Wildman–Crippen LogP) is 5.48. The summed E-state index contributed by atoms with van der Waals surface area (Å²) in [5.74, 6) is 0.969. The molecule has 0 aliphatic carbocycles. The number of benzene rings is 3. The van der Waals surface area contributed by atoms with Gasteiger partial charge < -0.3 is 10.1 Å². The first kappa shape index (κ1) is 16.5. The van der Waals surface area contributed by atoms with E-state index in [4.69, 9.17) is 4.74 Å². The zero-order valence-corrected chi connectivity index (χ0v) is 14.6. The van der Waals surface area contributed by atoms with Crippen LogP contribution in [0.15, 0.2) is 66.7 Å². The van der Waals surface area contributed by atoms with Crippen LogP contribution in [0.3, 0.4) is 0 Å². The van der Waals surface area contributed by atoms with Gasteiger partial charge in [0, 0.05) is 18.2 Å². The van der Waals surface area contributed by atoms with E-state index < -0.39 is 0 Å². The van der Waals surface area contributed by atoms with E-state index in [0.29, 0.717) is 0 Å². The van der Waals surface area contributed by atoms with Gasteiger partial charge in [-0.15, -0.1) is 0 Å². The highest BCUT2D eigenvalue weighted by molar-refractivity contribution is 5.87. The molecule has 3 rings (SSSR count). The van der Waals surface area contributed by atoms with E-state index in [-0.39, 0.29) is 12.1 Å². The van der Waals surface area contributed by atoms with Crippen molar-refractivity contribution in [1.29, 1.82) is 0 Å². The minimum atomic E-state index is 0.163. The summed E-state index contributed by atoms with van der Waals surface area (Å²) in [6.45, 7) is 7.11. The van der Waals surface area contributed by atoms with E-state index >= 15 is 0 Å². The van der Waals surface area contributed by atoms with Crippen LogP contribution >= 0.6 is 0 Å². The topological polar surface area (TPSA) is 21.3 Å². The van der Waals surface area contributed by atoms with Crippen molar-refractivity contribution in [2.75, 3.05) is 0 Å². The molecule has 0 heterocycles. The molecule has 0 bridgehead atoms. The summed E-state index contributed by atoms with van der Waals surface area (Å²) >= 11 is 0. The Morgan fingerprint density at radius 2 is 1.54 bits per heavy atom. The number of hydrogen-bond acceptors (Lipinski definition) is 2. The second kappa shape index (κ2) is 7.50. The molecule has 0 saturated carbocycles. The average molecular weight is 319 g/mol. The average Bonchev–Trinajstić information content (AvgIpc) is 2.60. The Kier molecular flexibility index (Phi) is 5.17. The smallest absolute Gasteiger partial charge is 0.124 e. The molecule has 1 unspecified atom stereocenters. The lowest BCUT2D eigenvalue weighted by molar-refractivity contribution is 0.239. The summed E-state index contributed by atoms with van der Waals surface area (Å²) in [5, 5.41) is 6.14. The maximum absolute atomic E-state index is 6.05. The van der Waals surface area contributed by atoms with Gasteiger partial charge in [0.2, 0.25) is 0 Å². The number of hydrogen-bond donors (Lipinski definition) is 1. The molecule has 0 fully saturated rings. The van der Waals surface area contributed by atoms with E-state index in [1.807, 2.05) is 0 Å². The second-order valence-electron chi connectivity index (χ2n) is 6.44. The van der Waals surface area contributed by atoms with Crippen molar-refractivity contribution >= 4 is 10.8 Å². The molecule has 1 atom stereocenters. The van der Waals surface area contributed by atoms with Crippen molar-refractivity contribution in [2.24, 2.45) is 0 Å². The lowest BCUT2D eigenvalue weighted by Gasteiger charge is -2.19. The highest BCUT2D eigenvalue weighted by Crippen LogP contribution is 2.29. The molecule has 0 radical (unpaired) electrons. The number of fused-ring (bicyclic) bond motifs is 1. The maximum atomic E-state index is 6.05. The van der Waals surface area contributed by atoms with Gasteiger partial charge in [0.25, 0.3) is 0 Å². The van der Waals surface area contributed by atoms with Crippen molar-refractivity contribution in [1.82, 2.24) is 5.32 Å². The van der Waals surface area contributed by atoms with Crippen molar-refractivity contribution in [3.63, 3.8) is 0 Å². The Morgan fingerprint density at radius 3 is 2.29 bits per heavy atom.